The van der Waals surface area contributed by atoms with Crippen LogP contribution in [0.3, 0.4) is 0 Å². The lowest BCUT2D eigenvalue weighted by Crippen LogP contribution is -2.05. The number of fused-ring (bicyclic) bond motifs is 1. The second-order valence-corrected chi connectivity index (χ2v) is 8.76. The standard InChI is InChI=1S/C27H27ClN2/c1-17(2)23-15-20(28)16-24(18(3)4)27(23)30-26-14-8-13-25(29-26)22-12-7-10-19-9-5-6-11-21(19)22/h5-18H,1-4H3,(H,29,30). The van der Waals surface area contributed by atoms with Gasteiger partial charge < -0.3 is 5.32 Å². The summed E-state index contributed by atoms with van der Waals surface area (Å²) in [6, 6.07) is 25.1. The molecule has 4 aromatic rings. The number of hydrogen-bond acceptors (Lipinski definition) is 2. The normalized spacial score (nSPS) is 11.4. The molecule has 30 heavy (non-hydrogen) atoms. The smallest absolute Gasteiger partial charge is 0.131 e. The van der Waals surface area contributed by atoms with E-state index in [-0.39, 0.29) is 0 Å². The van der Waals surface area contributed by atoms with Gasteiger partial charge in [0.1, 0.15) is 5.82 Å². The summed E-state index contributed by atoms with van der Waals surface area (Å²) >= 11 is 6.43. The second-order valence-electron chi connectivity index (χ2n) is 8.33. The lowest BCUT2D eigenvalue weighted by atomic mass is 9.92. The van der Waals surface area contributed by atoms with Gasteiger partial charge in [-0.05, 0) is 58.0 Å². The molecule has 0 aliphatic heterocycles. The van der Waals surface area contributed by atoms with Crippen molar-refractivity contribution < 1.29 is 0 Å². The quantitative estimate of drug-likeness (QED) is 0.353. The zero-order valence-electron chi connectivity index (χ0n) is 17.9. The molecule has 3 aromatic carbocycles. The predicted molar refractivity (Wildman–Crippen MR) is 130 cm³/mol. The Bertz CT molecular complexity index is 1160. The van der Waals surface area contributed by atoms with E-state index in [1.54, 1.807) is 0 Å². The highest BCUT2D eigenvalue weighted by molar-refractivity contribution is 6.30. The maximum Gasteiger partial charge on any atom is 0.131 e. The minimum absolute atomic E-state index is 0.352. The van der Waals surface area contributed by atoms with Crippen molar-refractivity contribution in [3.8, 4) is 11.3 Å². The monoisotopic (exact) mass is 414 g/mol. The van der Waals surface area contributed by atoms with E-state index in [1.165, 1.54) is 21.9 Å². The van der Waals surface area contributed by atoms with Crippen LogP contribution in [0.15, 0.2) is 72.8 Å². The molecule has 0 aliphatic carbocycles. The number of benzene rings is 3. The van der Waals surface area contributed by atoms with Crippen LogP contribution in [-0.4, -0.2) is 4.98 Å². The highest BCUT2D eigenvalue weighted by Gasteiger charge is 2.16. The van der Waals surface area contributed by atoms with E-state index >= 15 is 0 Å². The molecule has 2 nitrogen and oxygen atoms in total. The molecule has 3 heteroatoms. The Labute approximate surface area is 183 Å². The number of pyridine rings is 1. The minimum atomic E-state index is 0.352. The fourth-order valence-corrected chi connectivity index (χ4v) is 4.17. The molecular formula is C27H27ClN2. The van der Waals surface area contributed by atoms with Crippen molar-refractivity contribution in [2.24, 2.45) is 0 Å². The number of aromatic nitrogens is 1. The molecule has 0 aliphatic rings. The molecule has 1 aromatic heterocycles. The van der Waals surface area contributed by atoms with Crippen molar-refractivity contribution in [2.45, 2.75) is 39.5 Å². The van der Waals surface area contributed by atoms with E-state index in [0.717, 1.165) is 27.8 Å². The zero-order valence-corrected chi connectivity index (χ0v) is 18.7. The molecule has 0 atom stereocenters. The Hall–Kier alpha value is -2.84. The fourth-order valence-electron chi connectivity index (χ4n) is 3.94. The molecule has 152 valence electrons. The third-order valence-corrected chi connectivity index (χ3v) is 5.69. The van der Waals surface area contributed by atoms with Gasteiger partial charge in [-0.25, -0.2) is 4.98 Å². The van der Waals surface area contributed by atoms with Crippen LogP contribution in [0.25, 0.3) is 22.0 Å². The highest BCUT2D eigenvalue weighted by atomic mass is 35.5. The summed E-state index contributed by atoms with van der Waals surface area (Å²) in [5.74, 6) is 1.54. The summed E-state index contributed by atoms with van der Waals surface area (Å²) in [6.07, 6.45) is 0. The van der Waals surface area contributed by atoms with Crippen LogP contribution in [-0.2, 0) is 0 Å². The Balaban J connectivity index is 1.80. The average Bonchev–Trinajstić information content (AvgIpc) is 2.74. The average molecular weight is 415 g/mol. The Morgan fingerprint density at radius 3 is 2.10 bits per heavy atom. The molecule has 0 spiro atoms. The first-order valence-electron chi connectivity index (χ1n) is 10.5. The van der Waals surface area contributed by atoms with Crippen LogP contribution in [0, 0.1) is 0 Å². The maximum atomic E-state index is 6.43. The molecule has 1 heterocycles. The zero-order chi connectivity index (χ0) is 21.3. The first-order chi connectivity index (χ1) is 14.4. The first-order valence-corrected chi connectivity index (χ1v) is 10.9. The largest absolute Gasteiger partial charge is 0.340 e. The summed E-state index contributed by atoms with van der Waals surface area (Å²) in [5.41, 5.74) is 5.64. The first kappa shape index (κ1) is 20.4. The third kappa shape index (κ3) is 4.06. The van der Waals surface area contributed by atoms with E-state index in [2.05, 4.69) is 99.7 Å². The summed E-state index contributed by atoms with van der Waals surface area (Å²) in [4.78, 5) is 4.97. The van der Waals surface area contributed by atoms with Crippen LogP contribution in [0.2, 0.25) is 5.02 Å². The minimum Gasteiger partial charge on any atom is -0.340 e. The number of nitrogens with zero attached hydrogens (tertiary/aromatic N) is 1. The van der Waals surface area contributed by atoms with Gasteiger partial charge >= 0.3 is 0 Å². The Morgan fingerprint density at radius 2 is 1.40 bits per heavy atom. The molecule has 4 rings (SSSR count). The van der Waals surface area contributed by atoms with Crippen molar-refractivity contribution in [1.82, 2.24) is 4.98 Å². The number of hydrogen-bond donors (Lipinski definition) is 1. The van der Waals surface area contributed by atoms with Crippen molar-refractivity contribution in [3.05, 3.63) is 88.9 Å². The Morgan fingerprint density at radius 1 is 0.767 bits per heavy atom. The lowest BCUT2D eigenvalue weighted by molar-refractivity contribution is 0.838. The molecule has 0 saturated heterocycles. The van der Waals surface area contributed by atoms with Gasteiger partial charge in [-0.1, -0.05) is 87.8 Å². The summed E-state index contributed by atoms with van der Waals surface area (Å²) in [5, 5.41) is 6.83. The summed E-state index contributed by atoms with van der Waals surface area (Å²) in [6.45, 7) is 8.78. The van der Waals surface area contributed by atoms with Crippen LogP contribution in [0.5, 0.6) is 0 Å². The van der Waals surface area contributed by atoms with E-state index in [4.69, 9.17) is 16.6 Å². The van der Waals surface area contributed by atoms with Gasteiger partial charge in [-0.2, -0.15) is 0 Å². The van der Waals surface area contributed by atoms with Crippen molar-refractivity contribution >= 4 is 33.9 Å². The predicted octanol–water partition coefficient (Wildman–Crippen LogP) is 8.55. The molecule has 0 radical (unpaired) electrons. The molecule has 1 N–H and O–H groups in total. The Kier molecular flexibility index (Phi) is 5.78. The third-order valence-electron chi connectivity index (χ3n) is 5.48. The SMILES string of the molecule is CC(C)c1cc(Cl)cc(C(C)C)c1Nc1cccc(-c2cccc3ccccc23)n1. The molecule has 0 saturated carbocycles. The van der Waals surface area contributed by atoms with Crippen molar-refractivity contribution in [1.29, 1.82) is 0 Å². The van der Waals surface area contributed by atoms with Gasteiger partial charge in [0.25, 0.3) is 0 Å². The molecule has 0 fully saturated rings. The van der Waals surface area contributed by atoms with E-state index in [9.17, 15) is 0 Å². The van der Waals surface area contributed by atoms with Gasteiger partial charge in [-0.3, -0.25) is 0 Å². The second kappa shape index (κ2) is 8.49. The van der Waals surface area contributed by atoms with Crippen LogP contribution in [0.1, 0.15) is 50.7 Å². The fraction of sp³-hybridized carbons (Fsp3) is 0.222. The number of halogens is 1. The topological polar surface area (TPSA) is 24.9 Å². The van der Waals surface area contributed by atoms with Crippen LogP contribution in [0.4, 0.5) is 11.5 Å². The molecule has 0 unspecified atom stereocenters. The molecule has 0 bridgehead atoms. The van der Waals surface area contributed by atoms with Gasteiger partial charge in [-0.15, -0.1) is 0 Å². The van der Waals surface area contributed by atoms with E-state index in [1.807, 2.05) is 6.07 Å². The van der Waals surface area contributed by atoms with Crippen LogP contribution >= 0.6 is 11.6 Å². The van der Waals surface area contributed by atoms with Crippen molar-refractivity contribution in [3.63, 3.8) is 0 Å². The van der Waals surface area contributed by atoms with Gasteiger partial charge in [0, 0.05) is 16.3 Å². The number of nitrogens with one attached hydrogen (secondary N) is 1. The van der Waals surface area contributed by atoms with Crippen LogP contribution < -0.4 is 5.32 Å². The van der Waals surface area contributed by atoms with E-state index in [0.29, 0.717) is 11.8 Å². The van der Waals surface area contributed by atoms with Gasteiger partial charge in [0.15, 0.2) is 0 Å². The summed E-state index contributed by atoms with van der Waals surface area (Å²) < 4.78 is 0. The molecule has 0 amide bonds. The number of anilines is 2. The van der Waals surface area contributed by atoms with Gasteiger partial charge in [0.05, 0.1) is 5.69 Å². The van der Waals surface area contributed by atoms with Gasteiger partial charge in [0.2, 0.25) is 0 Å². The highest BCUT2D eigenvalue weighted by Crippen LogP contribution is 2.37. The van der Waals surface area contributed by atoms with E-state index < -0.39 is 0 Å². The lowest BCUT2D eigenvalue weighted by Gasteiger charge is -2.21. The summed E-state index contributed by atoms with van der Waals surface area (Å²) in [7, 11) is 0. The number of rotatable bonds is 5. The maximum absolute atomic E-state index is 6.43. The van der Waals surface area contributed by atoms with Crippen molar-refractivity contribution in [2.75, 3.05) is 5.32 Å². The molecular weight excluding hydrogens is 388 g/mol.